The van der Waals surface area contributed by atoms with Crippen LogP contribution in [0.15, 0.2) is 12.1 Å². The van der Waals surface area contributed by atoms with Gasteiger partial charge in [-0.3, -0.25) is 0 Å². The third kappa shape index (κ3) is 1.31. The van der Waals surface area contributed by atoms with Gasteiger partial charge in [-0.2, -0.15) is 0 Å². The Hall–Kier alpha value is -1.48. The summed E-state index contributed by atoms with van der Waals surface area (Å²) in [6, 6.07) is 3.57. The number of nitrogens with zero attached hydrogens (tertiary/aromatic N) is 1. The standard InChI is InChI=1S/C12H16N2O/c1-7-4-9(15)5-10-11(6-13)8(2)14(3)12(7)10/h4-5,15H,6,13H2,1-3H3. The van der Waals surface area contributed by atoms with Crippen LogP contribution in [0.3, 0.4) is 0 Å². The fourth-order valence-electron chi connectivity index (χ4n) is 2.26. The summed E-state index contributed by atoms with van der Waals surface area (Å²) in [5.41, 5.74) is 10.3. The van der Waals surface area contributed by atoms with E-state index >= 15 is 0 Å². The molecule has 0 saturated carbocycles. The first-order chi connectivity index (χ1) is 7.06. The summed E-state index contributed by atoms with van der Waals surface area (Å²) < 4.78 is 2.13. The lowest BCUT2D eigenvalue weighted by Crippen LogP contribution is -1.99. The van der Waals surface area contributed by atoms with Crippen LogP contribution in [0.5, 0.6) is 5.75 Å². The molecular weight excluding hydrogens is 188 g/mol. The summed E-state index contributed by atoms with van der Waals surface area (Å²) in [7, 11) is 2.03. The average Bonchev–Trinajstić information content (AvgIpc) is 2.39. The number of phenols is 1. The first-order valence-corrected chi connectivity index (χ1v) is 5.03. The number of hydrogen-bond donors (Lipinski definition) is 2. The molecule has 2 rings (SSSR count). The third-order valence-corrected chi connectivity index (χ3v) is 3.09. The van der Waals surface area contributed by atoms with Crippen molar-refractivity contribution in [2.24, 2.45) is 12.8 Å². The molecule has 0 amide bonds. The number of fused-ring (bicyclic) bond motifs is 1. The van der Waals surface area contributed by atoms with Crippen molar-refractivity contribution in [1.29, 1.82) is 0 Å². The highest BCUT2D eigenvalue weighted by atomic mass is 16.3. The molecule has 3 nitrogen and oxygen atoms in total. The van der Waals surface area contributed by atoms with Gasteiger partial charge >= 0.3 is 0 Å². The molecule has 0 fully saturated rings. The van der Waals surface area contributed by atoms with Crippen molar-refractivity contribution in [3.8, 4) is 5.75 Å². The van der Waals surface area contributed by atoms with Gasteiger partial charge in [-0.25, -0.2) is 0 Å². The maximum atomic E-state index is 9.58. The SMILES string of the molecule is Cc1cc(O)cc2c(CN)c(C)n(C)c12. The van der Waals surface area contributed by atoms with Gasteiger partial charge in [-0.15, -0.1) is 0 Å². The van der Waals surface area contributed by atoms with Crippen LogP contribution in [-0.4, -0.2) is 9.67 Å². The molecule has 0 saturated heterocycles. The highest BCUT2D eigenvalue weighted by Crippen LogP contribution is 2.30. The molecule has 0 bridgehead atoms. The van der Waals surface area contributed by atoms with E-state index in [1.165, 1.54) is 5.69 Å². The van der Waals surface area contributed by atoms with Gasteiger partial charge in [0.25, 0.3) is 0 Å². The van der Waals surface area contributed by atoms with E-state index in [-0.39, 0.29) is 0 Å². The topological polar surface area (TPSA) is 51.2 Å². The van der Waals surface area contributed by atoms with Crippen molar-refractivity contribution >= 4 is 10.9 Å². The van der Waals surface area contributed by atoms with Crippen molar-refractivity contribution in [3.63, 3.8) is 0 Å². The Morgan fingerprint density at radius 3 is 2.60 bits per heavy atom. The normalized spacial score (nSPS) is 11.2. The highest BCUT2D eigenvalue weighted by Gasteiger charge is 2.13. The molecule has 80 valence electrons. The van der Waals surface area contributed by atoms with Gasteiger partial charge in [0, 0.05) is 24.7 Å². The van der Waals surface area contributed by atoms with Crippen LogP contribution in [0.2, 0.25) is 0 Å². The Morgan fingerprint density at radius 1 is 1.33 bits per heavy atom. The van der Waals surface area contributed by atoms with Crippen molar-refractivity contribution in [2.45, 2.75) is 20.4 Å². The zero-order valence-electron chi connectivity index (χ0n) is 9.33. The minimum absolute atomic E-state index is 0.306. The molecule has 3 heteroatoms. The van der Waals surface area contributed by atoms with Crippen LogP contribution in [0.1, 0.15) is 16.8 Å². The van der Waals surface area contributed by atoms with E-state index in [4.69, 9.17) is 5.73 Å². The van der Waals surface area contributed by atoms with Crippen LogP contribution >= 0.6 is 0 Å². The van der Waals surface area contributed by atoms with Crippen LogP contribution in [0.25, 0.3) is 10.9 Å². The van der Waals surface area contributed by atoms with Crippen LogP contribution in [0.4, 0.5) is 0 Å². The van der Waals surface area contributed by atoms with Gasteiger partial charge in [0.05, 0.1) is 5.52 Å². The first kappa shape index (κ1) is 10.1. The van der Waals surface area contributed by atoms with Gasteiger partial charge in [-0.1, -0.05) is 0 Å². The molecule has 0 spiro atoms. The van der Waals surface area contributed by atoms with Gasteiger partial charge in [-0.05, 0) is 37.1 Å². The zero-order valence-corrected chi connectivity index (χ0v) is 9.33. The molecule has 0 atom stereocenters. The second kappa shape index (κ2) is 3.28. The summed E-state index contributed by atoms with van der Waals surface area (Å²) in [4.78, 5) is 0. The third-order valence-electron chi connectivity index (χ3n) is 3.09. The van der Waals surface area contributed by atoms with E-state index in [2.05, 4.69) is 11.5 Å². The van der Waals surface area contributed by atoms with Gasteiger partial charge in [0.1, 0.15) is 5.75 Å². The summed E-state index contributed by atoms with van der Waals surface area (Å²) in [6.45, 7) is 4.56. The van der Waals surface area contributed by atoms with Crippen molar-refractivity contribution in [3.05, 3.63) is 29.0 Å². The van der Waals surface area contributed by atoms with E-state index in [0.717, 1.165) is 22.0 Å². The smallest absolute Gasteiger partial charge is 0.116 e. The van der Waals surface area contributed by atoms with E-state index in [1.54, 1.807) is 12.1 Å². The van der Waals surface area contributed by atoms with Crippen molar-refractivity contribution in [2.75, 3.05) is 0 Å². The Balaban J connectivity index is 2.97. The highest BCUT2D eigenvalue weighted by molar-refractivity contribution is 5.89. The Morgan fingerprint density at radius 2 is 2.00 bits per heavy atom. The number of nitrogens with two attached hydrogens (primary N) is 1. The molecule has 1 aromatic heterocycles. The van der Waals surface area contributed by atoms with Crippen LogP contribution in [0, 0.1) is 13.8 Å². The summed E-state index contributed by atoms with van der Waals surface area (Å²) in [5.74, 6) is 0.306. The fourth-order valence-corrected chi connectivity index (χ4v) is 2.26. The van der Waals surface area contributed by atoms with E-state index in [9.17, 15) is 5.11 Å². The lowest BCUT2D eigenvalue weighted by Gasteiger charge is -2.02. The Bertz CT molecular complexity index is 526. The number of hydrogen-bond acceptors (Lipinski definition) is 2. The minimum atomic E-state index is 0.306. The monoisotopic (exact) mass is 204 g/mol. The van der Waals surface area contributed by atoms with Gasteiger partial charge in [0.2, 0.25) is 0 Å². The minimum Gasteiger partial charge on any atom is -0.508 e. The number of aryl methyl sites for hydroxylation is 2. The molecule has 1 heterocycles. The van der Waals surface area contributed by atoms with E-state index in [1.807, 2.05) is 14.0 Å². The van der Waals surface area contributed by atoms with Crippen molar-refractivity contribution in [1.82, 2.24) is 4.57 Å². The zero-order chi connectivity index (χ0) is 11.2. The lowest BCUT2D eigenvalue weighted by atomic mass is 10.1. The second-order valence-electron chi connectivity index (χ2n) is 3.99. The molecule has 3 N–H and O–H groups in total. The van der Waals surface area contributed by atoms with E-state index in [0.29, 0.717) is 12.3 Å². The van der Waals surface area contributed by atoms with Crippen LogP contribution in [-0.2, 0) is 13.6 Å². The molecule has 1 aromatic carbocycles. The molecule has 0 radical (unpaired) electrons. The quantitative estimate of drug-likeness (QED) is 0.746. The lowest BCUT2D eigenvalue weighted by molar-refractivity contribution is 0.475. The maximum Gasteiger partial charge on any atom is 0.116 e. The van der Waals surface area contributed by atoms with Gasteiger partial charge in [0.15, 0.2) is 0 Å². The molecular formula is C12H16N2O. The predicted molar refractivity (Wildman–Crippen MR) is 61.9 cm³/mol. The number of benzene rings is 1. The number of aromatic hydroxyl groups is 1. The first-order valence-electron chi connectivity index (χ1n) is 5.03. The number of phenolic OH excluding ortho intramolecular Hbond substituents is 1. The van der Waals surface area contributed by atoms with Crippen LogP contribution < -0.4 is 5.73 Å². The summed E-state index contributed by atoms with van der Waals surface area (Å²) in [5, 5.41) is 10.6. The Labute approximate surface area is 89.1 Å². The Kier molecular flexibility index (Phi) is 2.20. The molecule has 0 aliphatic carbocycles. The molecule has 15 heavy (non-hydrogen) atoms. The fraction of sp³-hybridized carbons (Fsp3) is 0.333. The van der Waals surface area contributed by atoms with E-state index < -0.39 is 0 Å². The van der Waals surface area contributed by atoms with Crippen molar-refractivity contribution < 1.29 is 5.11 Å². The number of aromatic nitrogens is 1. The second-order valence-corrected chi connectivity index (χ2v) is 3.99. The molecule has 0 aliphatic rings. The largest absolute Gasteiger partial charge is 0.508 e. The maximum absolute atomic E-state index is 9.58. The van der Waals surface area contributed by atoms with Gasteiger partial charge < -0.3 is 15.4 Å². The molecule has 0 unspecified atom stereocenters. The summed E-state index contributed by atoms with van der Waals surface area (Å²) >= 11 is 0. The average molecular weight is 204 g/mol. The predicted octanol–water partition coefficient (Wildman–Crippen LogP) is 1.96. The molecule has 2 aromatic rings. The number of rotatable bonds is 1. The molecule has 0 aliphatic heterocycles. The summed E-state index contributed by atoms with van der Waals surface area (Å²) in [6.07, 6.45) is 0.